The van der Waals surface area contributed by atoms with E-state index in [-0.39, 0.29) is 11.4 Å². The molecule has 1 aliphatic rings. The van der Waals surface area contributed by atoms with Crippen LogP contribution in [0.25, 0.3) is 0 Å². The summed E-state index contributed by atoms with van der Waals surface area (Å²) in [6.07, 6.45) is 4.51. The van der Waals surface area contributed by atoms with Crippen LogP contribution in [0.4, 0.5) is 4.39 Å². The Hall–Kier alpha value is -0.890. The smallest absolute Gasteiger partial charge is 0.123 e. The molecule has 0 radical (unpaired) electrons. The Morgan fingerprint density at radius 1 is 1.31 bits per heavy atom. The Kier molecular flexibility index (Phi) is 3.02. The zero-order valence-corrected chi connectivity index (χ0v) is 10.1. The van der Waals surface area contributed by atoms with Crippen LogP contribution >= 0.6 is 0 Å². The number of benzene rings is 1. The molecule has 16 heavy (non-hydrogen) atoms. The second-order valence-corrected chi connectivity index (χ2v) is 5.20. The third kappa shape index (κ3) is 1.99. The zero-order chi connectivity index (χ0) is 11.8. The van der Waals surface area contributed by atoms with Crippen LogP contribution in [0.3, 0.4) is 0 Å². The lowest BCUT2D eigenvalue weighted by Crippen LogP contribution is -2.45. The summed E-state index contributed by atoms with van der Waals surface area (Å²) in [6, 6.07) is 5.19. The van der Waals surface area contributed by atoms with Gasteiger partial charge in [0.2, 0.25) is 0 Å². The van der Waals surface area contributed by atoms with Crippen molar-refractivity contribution in [3.05, 3.63) is 35.1 Å². The average molecular weight is 221 g/mol. The van der Waals surface area contributed by atoms with Gasteiger partial charge in [-0.2, -0.15) is 0 Å². The Balaban J connectivity index is 2.40. The molecule has 1 nitrogen and oxygen atoms in total. The largest absolute Gasteiger partial charge is 0.321 e. The predicted molar refractivity (Wildman–Crippen MR) is 64.6 cm³/mol. The monoisotopic (exact) mass is 221 g/mol. The maximum Gasteiger partial charge on any atom is 0.123 e. The first-order valence-corrected chi connectivity index (χ1v) is 6.09. The lowest BCUT2D eigenvalue weighted by atomic mass is 9.70. The van der Waals surface area contributed by atoms with Gasteiger partial charge in [-0.1, -0.05) is 25.8 Å². The molecule has 2 N–H and O–H groups in total. The molecule has 2 atom stereocenters. The second-order valence-electron chi connectivity index (χ2n) is 5.20. The van der Waals surface area contributed by atoms with E-state index >= 15 is 0 Å². The summed E-state index contributed by atoms with van der Waals surface area (Å²) in [6.45, 7) is 4.10. The predicted octanol–water partition coefficient (Wildman–Crippen LogP) is 3.50. The van der Waals surface area contributed by atoms with Crippen molar-refractivity contribution in [2.75, 3.05) is 0 Å². The summed E-state index contributed by atoms with van der Waals surface area (Å²) >= 11 is 0. The van der Waals surface area contributed by atoms with Gasteiger partial charge in [0, 0.05) is 5.54 Å². The van der Waals surface area contributed by atoms with Gasteiger partial charge in [-0.3, -0.25) is 0 Å². The van der Waals surface area contributed by atoms with Crippen LogP contribution in [0.2, 0.25) is 0 Å². The van der Waals surface area contributed by atoms with Gasteiger partial charge in [0.1, 0.15) is 5.82 Å². The van der Waals surface area contributed by atoms with Gasteiger partial charge < -0.3 is 5.73 Å². The topological polar surface area (TPSA) is 26.0 Å². The number of rotatable bonds is 1. The fourth-order valence-electron chi connectivity index (χ4n) is 2.81. The molecule has 1 aromatic carbocycles. The molecule has 1 aromatic rings. The van der Waals surface area contributed by atoms with Gasteiger partial charge in [0.05, 0.1) is 0 Å². The van der Waals surface area contributed by atoms with E-state index < -0.39 is 0 Å². The molecule has 0 amide bonds. The van der Waals surface area contributed by atoms with Crippen LogP contribution in [-0.4, -0.2) is 0 Å². The Morgan fingerprint density at radius 3 is 2.69 bits per heavy atom. The van der Waals surface area contributed by atoms with E-state index in [4.69, 9.17) is 5.73 Å². The molecule has 0 spiro atoms. The minimum atomic E-state index is -0.328. The minimum Gasteiger partial charge on any atom is -0.321 e. The van der Waals surface area contributed by atoms with Crippen LogP contribution < -0.4 is 5.73 Å². The fourth-order valence-corrected chi connectivity index (χ4v) is 2.81. The molecule has 0 bridgehead atoms. The molecule has 2 heteroatoms. The maximum atomic E-state index is 13.4. The highest BCUT2D eigenvalue weighted by atomic mass is 19.1. The molecule has 0 aromatic heterocycles. The summed E-state index contributed by atoms with van der Waals surface area (Å²) in [5.41, 5.74) is 8.09. The van der Waals surface area contributed by atoms with E-state index in [0.717, 1.165) is 30.4 Å². The molecule has 2 rings (SSSR count). The SMILES string of the molecule is Cc1cc(F)cc(C2(N)CCCCC2C)c1. The molecule has 1 aliphatic carbocycles. The first-order valence-electron chi connectivity index (χ1n) is 6.09. The van der Waals surface area contributed by atoms with E-state index in [1.807, 2.05) is 13.0 Å². The molecular weight excluding hydrogens is 201 g/mol. The molecule has 0 saturated heterocycles. The minimum absolute atomic E-state index is 0.169. The van der Waals surface area contributed by atoms with Crippen molar-refractivity contribution in [1.29, 1.82) is 0 Å². The Labute approximate surface area is 96.9 Å². The molecular formula is C14H20FN. The number of aryl methyl sites for hydroxylation is 1. The standard InChI is InChI=1S/C14H20FN/c1-10-7-12(9-13(15)8-10)14(16)6-4-3-5-11(14)2/h7-9,11H,3-6,16H2,1-2H3. The van der Waals surface area contributed by atoms with E-state index in [1.165, 1.54) is 6.42 Å². The van der Waals surface area contributed by atoms with Crippen molar-refractivity contribution in [3.63, 3.8) is 0 Å². The Bertz CT molecular complexity index is 368. The number of nitrogens with two attached hydrogens (primary N) is 1. The van der Waals surface area contributed by atoms with Gasteiger partial charge in [-0.15, -0.1) is 0 Å². The van der Waals surface area contributed by atoms with Gasteiger partial charge >= 0.3 is 0 Å². The van der Waals surface area contributed by atoms with E-state index in [2.05, 4.69) is 6.92 Å². The molecule has 0 heterocycles. The number of hydrogen-bond donors (Lipinski definition) is 1. The second kappa shape index (κ2) is 4.17. The summed E-state index contributed by atoms with van der Waals surface area (Å²) in [5, 5.41) is 0. The van der Waals surface area contributed by atoms with Crippen LogP contribution in [0, 0.1) is 18.7 Å². The van der Waals surface area contributed by atoms with Crippen LogP contribution in [0.5, 0.6) is 0 Å². The van der Waals surface area contributed by atoms with Crippen molar-refractivity contribution in [2.45, 2.75) is 45.1 Å². The van der Waals surface area contributed by atoms with Gasteiger partial charge in [0.15, 0.2) is 0 Å². The highest BCUT2D eigenvalue weighted by Gasteiger charge is 2.36. The van der Waals surface area contributed by atoms with Crippen LogP contribution in [-0.2, 0) is 5.54 Å². The highest BCUT2D eigenvalue weighted by molar-refractivity contribution is 5.30. The number of halogens is 1. The lowest BCUT2D eigenvalue weighted by molar-refractivity contribution is 0.206. The number of hydrogen-bond acceptors (Lipinski definition) is 1. The highest BCUT2D eigenvalue weighted by Crippen LogP contribution is 2.39. The lowest BCUT2D eigenvalue weighted by Gasteiger charge is -2.40. The quantitative estimate of drug-likeness (QED) is 0.771. The van der Waals surface area contributed by atoms with Crippen molar-refractivity contribution in [1.82, 2.24) is 0 Å². The molecule has 2 unspecified atom stereocenters. The molecule has 88 valence electrons. The summed E-state index contributed by atoms with van der Waals surface area (Å²) in [4.78, 5) is 0. The molecule has 1 saturated carbocycles. The molecule has 1 fully saturated rings. The Morgan fingerprint density at radius 2 is 2.06 bits per heavy atom. The summed E-state index contributed by atoms with van der Waals surface area (Å²) in [7, 11) is 0. The third-order valence-electron chi connectivity index (χ3n) is 3.94. The van der Waals surface area contributed by atoms with Crippen molar-refractivity contribution < 1.29 is 4.39 Å². The van der Waals surface area contributed by atoms with Gasteiger partial charge in [-0.25, -0.2) is 4.39 Å². The molecule has 0 aliphatic heterocycles. The van der Waals surface area contributed by atoms with Gasteiger partial charge in [0.25, 0.3) is 0 Å². The van der Waals surface area contributed by atoms with Crippen molar-refractivity contribution in [3.8, 4) is 0 Å². The van der Waals surface area contributed by atoms with Crippen LogP contribution in [0.15, 0.2) is 18.2 Å². The fraction of sp³-hybridized carbons (Fsp3) is 0.571. The normalized spacial score (nSPS) is 30.4. The first-order chi connectivity index (χ1) is 7.52. The summed E-state index contributed by atoms with van der Waals surface area (Å²) < 4.78 is 13.4. The van der Waals surface area contributed by atoms with E-state index in [0.29, 0.717) is 5.92 Å². The van der Waals surface area contributed by atoms with E-state index in [1.54, 1.807) is 12.1 Å². The average Bonchev–Trinajstić information content (AvgIpc) is 2.21. The zero-order valence-electron chi connectivity index (χ0n) is 10.1. The first kappa shape index (κ1) is 11.6. The summed E-state index contributed by atoms with van der Waals surface area (Å²) in [5.74, 6) is 0.264. The maximum absolute atomic E-state index is 13.4. The third-order valence-corrected chi connectivity index (χ3v) is 3.94. The van der Waals surface area contributed by atoms with Gasteiger partial charge in [-0.05, 0) is 48.9 Å². The van der Waals surface area contributed by atoms with Crippen molar-refractivity contribution >= 4 is 0 Å². The van der Waals surface area contributed by atoms with Crippen molar-refractivity contribution in [2.24, 2.45) is 11.7 Å². The van der Waals surface area contributed by atoms with E-state index in [9.17, 15) is 4.39 Å². The van der Waals surface area contributed by atoms with Crippen LogP contribution in [0.1, 0.15) is 43.7 Å².